The maximum absolute atomic E-state index is 12.8. The highest BCUT2D eigenvalue weighted by Crippen LogP contribution is 2.43. The molecule has 0 fully saturated rings. The lowest BCUT2D eigenvalue weighted by atomic mass is 9.91. The number of nitrogens with one attached hydrogen (secondary N) is 1. The molecule has 2 aliphatic heterocycles. The highest BCUT2D eigenvalue weighted by Gasteiger charge is 2.35. The molecule has 4 nitrogen and oxygen atoms in total. The normalized spacial score (nSPS) is 18.5. The minimum absolute atomic E-state index is 0.0837. The summed E-state index contributed by atoms with van der Waals surface area (Å²) in [5.74, 6) is 0.891. The Morgan fingerprint density at radius 1 is 1.29 bits per heavy atom. The fourth-order valence-electron chi connectivity index (χ4n) is 3.54. The van der Waals surface area contributed by atoms with Crippen LogP contribution in [-0.4, -0.2) is 19.2 Å². The molecule has 0 spiro atoms. The van der Waals surface area contributed by atoms with Crippen molar-refractivity contribution in [3.63, 3.8) is 0 Å². The number of benzene rings is 2. The third-order valence-electron chi connectivity index (χ3n) is 4.54. The van der Waals surface area contributed by atoms with Crippen LogP contribution in [0.2, 0.25) is 0 Å². The summed E-state index contributed by atoms with van der Waals surface area (Å²) < 4.78 is 5.71. The third kappa shape index (κ3) is 2.35. The molecule has 0 radical (unpaired) electrons. The molecular formula is C20H20N2O2. The van der Waals surface area contributed by atoms with E-state index in [1.54, 1.807) is 4.90 Å². The summed E-state index contributed by atoms with van der Waals surface area (Å²) in [4.78, 5) is 14.6. The number of carbonyl (C=O) groups is 1. The van der Waals surface area contributed by atoms with Crippen molar-refractivity contribution in [1.29, 1.82) is 0 Å². The Bertz CT molecular complexity index is 814. The van der Waals surface area contributed by atoms with Gasteiger partial charge in [0, 0.05) is 24.1 Å². The van der Waals surface area contributed by atoms with Crippen LogP contribution in [0.1, 0.15) is 29.7 Å². The lowest BCUT2D eigenvalue weighted by Gasteiger charge is -2.36. The van der Waals surface area contributed by atoms with Crippen molar-refractivity contribution >= 4 is 11.7 Å². The third-order valence-corrected chi connectivity index (χ3v) is 4.54. The van der Waals surface area contributed by atoms with Crippen LogP contribution in [0, 0.1) is 0 Å². The molecule has 0 bridgehead atoms. The predicted molar refractivity (Wildman–Crippen MR) is 94.6 cm³/mol. The Hall–Kier alpha value is -2.75. The number of carbonyl (C=O) groups excluding carboxylic acids is 1. The summed E-state index contributed by atoms with van der Waals surface area (Å²) in [6, 6.07) is 13.9. The molecule has 4 heteroatoms. The van der Waals surface area contributed by atoms with Crippen LogP contribution in [0.25, 0.3) is 0 Å². The molecule has 1 N–H and O–H groups in total. The quantitative estimate of drug-likeness (QED) is 0.874. The predicted octanol–water partition coefficient (Wildman–Crippen LogP) is 3.82. The van der Waals surface area contributed by atoms with Gasteiger partial charge in [-0.05, 0) is 18.6 Å². The first-order valence-electron chi connectivity index (χ1n) is 8.21. The zero-order chi connectivity index (χ0) is 16.7. The second-order valence-electron chi connectivity index (χ2n) is 6.41. The van der Waals surface area contributed by atoms with Crippen LogP contribution in [0.5, 0.6) is 5.75 Å². The van der Waals surface area contributed by atoms with Gasteiger partial charge in [0.2, 0.25) is 0 Å². The van der Waals surface area contributed by atoms with Gasteiger partial charge in [0.25, 0.3) is 0 Å². The number of urea groups is 1. The minimum atomic E-state index is -0.138. The molecule has 122 valence electrons. The maximum Gasteiger partial charge on any atom is 0.322 e. The van der Waals surface area contributed by atoms with Crippen molar-refractivity contribution in [2.24, 2.45) is 0 Å². The van der Waals surface area contributed by atoms with E-state index in [0.717, 1.165) is 40.1 Å². The Balaban J connectivity index is 1.89. The first-order chi connectivity index (χ1) is 11.6. The van der Waals surface area contributed by atoms with E-state index in [2.05, 4.69) is 18.0 Å². The monoisotopic (exact) mass is 320 g/mol. The van der Waals surface area contributed by atoms with Gasteiger partial charge < -0.3 is 10.1 Å². The van der Waals surface area contributed by atoms with Gasteiger partial charge in [-0.25, -0.2) is 4.79 Å². The van der Waals surface area contributed by atoms with Crippen molar-refractivity contribution in [3.05, 3.63) is 71.3 Å². The minimum Gasteiger partial charge on any atom is -0.493 e. The Morgan fingerprint density at radius 2 is 2.08 bits per heavy atom. The first-order valence-corrected chi connectivity index (χ1v) is 8.21. The average molecular weight is 320 g/mol. The molecule has 0 aromatic heterocycles. The van der Waals surface area contributed by atoms with Crippen LogP contribution >= 0.6 is 0 Å². The van der Waals surface area contributed by atoms with E-state index in [9.17, 15) is 4.79 Å². The Morgan fingerprint density at radius 3 is 2.83 bits per heavy atom. The van der Waals surface area contributed by atoms with Crippen LogP contribution < -0.4 is 15.0 Å². The molecule has 2 aromatic rings. The summed E-state index contributed by atoms with van der Waals surface area (Å²) in [5, 5.41) is 3.14. The molecule has 24 heavy (non-hydrogen) atoms. The Kier molecular flexibility index (Phi) is 3.53. The summed E-state index contributed by atoms with van der Waals surface area (Å²) in [6.07, 6.45) is 0.833. The van der Waals surface area contributed by atoms with Gasteiger partial charge in [-0.1, -0.05) is 48.6 Å². The Labute approximate surface area is 141 Å². The average Bonchev–Trinajstić information content (AvgIpc) is 3.06. The van der Waals surface area contributed by atoms with Gasteiger partial charge in [0.15, 0.2) is 0 Å². The summed E-state index contributed by atoms with van der Waals surface area (Å²) in [5.41, 5.74) is 5.27. The zero-order valence-electron chi connectivity index (χ0n) is 13.7. The summed E-state index contributed by atoms with van der Waals surface area (Å²) in [7, 11) is 0. The van der Waals surface area contributed by atoms with Gasteiger partial charge in [-0.2, -0.15) is 0 Å². The number of fused-ring (bicyclic) bond motifs is 3. The van der Waals surface area contributed by atoms with Crippen LogP contribution in [-0.2, 0) is 6.42 Å². The number of nitrogens with zero attached hydrogens (tertiary/aromatic N) is 1. The molecule has 0 saturated carbocycles. The lowest BCUT2D eigenvalue weighted by molar-refractivity contribution is 0.243. The largest absolute Gasteiger partial charge is 0.493 e. The summed E-state index contributed by atoms with van der Waals surface area (Å²) >= 11 is 0. The first kappa shape index (κ1) is 14.8. The lowest BCUT2D eigenvalue weighted by Crippen LogP contribution is -2.48. The number of hydrogen-bond acceptors (Lipinski definition) is 2. The molecule has 1 atom stereocenters. The van der Waals surface area contributed by atoms with Gasteiger partial charge in [-0.3, -0.25) is 4.90 Å². The molecule has 1 unspecified atom stereocenters. The number of amides is 2. The van der Waals surface area contributed by atoms with Crippen molar-refractivity contribution in [2.45, 2.75) is 19.4 Å². The van der Waals surface area contributed by atoms with E-state index >= 15 is 0 Å². The second kappa shape index (κ2) is 5.71. The van der Waals surface area contributed by atoms with Gasteiger partial charge in [0.05, 0.1) is 18.3 Å². The zero-order valence-corrected chi connectivity index (χ0v) is 13.7. The van der Waals surface area contributed by atoms with E-state index in [1.165, 1.54) is 0 Å². The molecule has 2 aliphatic rings. The van der Waals surface area contributed by atoms with Gasteiger partial charge in [-0.15, -0.1) is 0 Å². The molecule has 0 aliphatic carbocycles. The van der Waals surface area contributed by atoms with Gasteiger partial charge >= 0.3 is 6.03 Å². The smallest absolute Gasteiger partial charge is 0.322 e. The van der Waals surface area contributed by atoms with E-state index in [4.69, 9.17) is 4.74 Å². The molecular weight excluding hydrogens is 300 g/mol. The molecule has 2 aromatic carbocycles. The van der Waals surface area contributed by atoms with Crippen LogP contribution in [0.3, 0.4) is 0 Å². The number of anilines is 1. The molecule has 2 heterocycles. The van der Waals surface area contributed by atoms with Crippen molar-refractivity contribution in [2.75, 3.05) is 18.1 Å². The van der Waals surface area contributed by atoms with Gasteiger partial charge in [0.1, 0.15) is 5.75 Å². The maximum atomic E-state index is 12.8. The number of hydrogen-bond donors (Lipinski definition) is 1. The molecule has 2 amide bonds. The SMILES string of the molecule is C=C(C)CN1C(=O)NC(c2ccccc2)c2ccc3c(c21)CCO3. The van der Waals surface area contributed by atoms with Crippen molar-refractivity contribution in [1.82, 2.24) is 5.32 Å². The topological polar surface area (TPSA) is 41.6 Å². The van der Waals surface area contributed by atoms with E-state index in [0.29, 0.717) is 13.2 Å². The van der Waals surface area contributed by atoms with Crippen LogP contribution in [0.4, 0.5) is 10.5 Å². The summed E-state index contributed by atoms with van der Waals surface area (Å²) in [6.45, 7) is 7.10. The van der Waals surface area contributed by atoms with E-state index < -0.39 is 0 Å². The van der Waals surface area contributed by atoms with Crippen LogP contribution in [0.15, 0.2) is 54.6 Å². The second-order valence-corrected chi connectivity index (χ2v) is 6.41. The fourth-order valence-corrected chi connectivity index (χ4v) is 3.54. The highest BCUT2D eigenvalue weighted by atomic mass is 16.5. The van der Waals surface area contributed by atoms with Crippen molar-refractivity contribution in [3.8, 4) is 5.75 Å². The number of rotatable bonds is 3. The molecule has 4 rings (SSSR count). The standard InChI is InChI=1S/C20H20N2O2/c1-13(2)12-22-19-15-10-11-24-17(15)9-8-16(19)18(21-20(22)23)14-6-4-3-5-7-14/h3-9,18H,1,10-12H2,2H3,(H,21,23). The highest BCUT2D eigenvalue weighted by molar-refractivity contribution is 5.98. The number of ether oxygens (including phenoxy) is 1. The fraction of sp³-hybridized carbons (Fsp3) is 0.250. The molecule has 0 saturated heterocycles. The van der Waals surface area contributed by atoms with Crippen molar-refractivity contribution < 1.29 is 9.53 Å². The van der Waals surface area contributed by atoms with E-state index in [1.807, 2.05) is 43.3 Å². The van der Waals surface area contributed by atoms with E-state index in [-0.39, 0.29) is 12.1 Å².